The maximum Gasteiger partial charge on any atom is 0.243 e. The number of rotatable bonds is 14. The summed E-state index contributed by atoms with van der Waals surface area (Å²) in [5.74, 6) is -0.806. The molecule has 0 aliphatic rings. The lowest BCUT2D eigenvalue weighted by molar-refractivity contribution is -0.142. The van der Waals surface area contributed by atoms with Gasteiger partial charge in [0.05, 0.1) is 18.6 Å². The molecule has 1 N–H and O–H groups in total. The van der Waals surface area contributed by atoms with Gasteiger partial charge in [-0.1, -0.05) is 60.7 Å². The number of para-hydroxylation sites is 2. The molecule has 2 amide bonds. The molecule has 0 radical (unpaired) electrons. The predicted octanol–water partition coefficient (Wildman–Crippen LogP) is 5.33. The molecule has 0 saturated heterocycles. The molecule has 0 fully saturated rings. The first-order valence-electron chi connectivity index (χ1n) is 14.4. The highest BCUT2D eigenvalue weighted by Crippen LogP contribution is 2.30. The lowest BCUT2D eigenvalue weighted by Gasteiger charge is -2.34. The van der Waals surface area contributed by atoms with E-state index in [-0.39, 0.29) is 49.7 Å². The van der Waals surface area contributed by atoms with Gasteiger partial charge in [0.2, 0.25) is 21.8 Å². The van der Waals surface area contributed by atoms with Crippen LogP contribution in [0.5, 0.6) is 5.75 Å². The number of nitrogens with one attached hydrogen (secondary N) is 1. The van der Waals surface area contributed by atoms with Crippen LogP contribution in [0.15, 0.2) is 78.9 Å². The molecule has 8 nitrogen and oxygen atoms in total. The molecule has 1 atom stereocenters. The van der Waals surface area contributed by atoms with Crippen LogP contribution in [0, 0.1) is 5.82 Å². The zero-order chi connectivity index (χ0) is 31.6. The molecule has 232 valence electrons. The third kappa shape index (κ3) is 10.1. The maximum atomic E-state index is 14.8. The standard InChI is InChI=1S/C33H42FN3O5S/c1-6-42-30-20-13-12-19-28(30)37(43(5,40)41)22-14-21-31(38)36(24-26-17-10-11-18-27(26)34)29(32(39)35-33(2,3)4)23-25-15-8-7-9-16-25/h7-13,15-20,29H,6,14,21-24H2,1-5H3,(H,35,39). The van der Waals surface area contributed by atoms with E-state index >= 15 is 0 Å². The van der Waals surface area contributed by atoms with Gasteiger partial charge in [0.1, 0.15) is 17.6 Å². The van der Waals surface area contributed by atoms with Crippen molar-refractivity contribution in [2.75, 3.05) is 23.7 Å². The molecule has 0 heterocycles. The smallest absolute Gasteiger partial charge is 0.243 e. The van der Waals surface area contributed by atoms with Gasteiger partial charge in [0.15, 0.2) is 0 Å². The van der Waals surface area contributed by atoms with Gasteiger partial charge in [-0.15, -0.1) is 0 Å². The highest BCUT2D eigenvalue weighted by molar-refractivity contribution is 7.92. The van der Waals surface area contributed by atoms with Gasteiger partial charge < -0.3 is 15.0 Å². The lowest BCUT2D eigenvalue weighted by Crippen LogP contribution is -2.54. The van der Waals surface area contributed by atoms with E-state index < -0.39 is 27.4 Å². The number of benzene rings is 3. The number of halogens is 1. The van der Waals surface area contributed by atoms with Crippen molar-refractivity contribution in [1.82, 2.24) is 10.2 Å². The van der Waals surface area contributed by atoms with Crippen molar-refractivity contribution in [3.63, 3.8) is 0 Å². The highest BCUT2D eigenvalue weighted by atomic mass is 32.2. The van der Waals surface area contributed by atoms with Crippen LogP contribution in [0.3, 0.4) is 0 Å². The average molecular weight is 612 g/mol. The second kappa shape index (κ2) is 15.0. The molecule has 0 saturated carbocycles. The van der Waals surface area contributed by atoms with Crippen molar-refractivity contribution >= 4 is 27.5 Å². The second-order valence-electron chi connectivity index (χ2n) is 11.4. The van der Waals surface area contributed by atoms with Crippen LogP contribution in [0.1, 0.15) is 51.7 Å². The highest BCUT2D eigenvalue weighted by Gasteiger charge is 2.33. The van der Waals surface area contributed by atoms with E-state index in [4.69, 9.17) is 4.74 Å². The van der Waals surface area contributed by atoms with Crippen LogP contribution in [-0.4, -0.2) is 56.1 Å². The minimum Gasteiger partial charge on any atom is -0.492 e. The first-order valence-corrected chi connectivity index (χ1v) is 16.2. The van der Waals surface area contributed by atoms with E-state index in [1.165, 1.54) is 15.3 Å². The summed E-state index contributed by atoms with van der Waals surface area (Å²) in [6.07, 6.45) is 1.43. The Morgan fingerprint density at radius 1 is 0.953 bits per heavy atom. The Balaban J connectivity index is 1.93. The Bertz CT molecular complexity index is 1480. The van der Waals surface area contributed by atoms with Crippen LogP contribution in [0.25, 0.3) is 0 Å². The largest absolute Gasteiger partial charge is 0.492 e. The van der Waals surface area contributed by atoms with Crippen LogP contribution in [0.2, 0.25) is 0 Å². The maximum absolute atomic E-state index is 14.8. The first kappa shape index (κ1) is 33.6. The quantitative estimate of drug-likeness (QED) is 0.266. The van der Waals surface area contributed by atoms with Gasteiger partial charge in [-0.2, -0.15) is 0 Å². The Hall–Kier alpha value is -3.92. The summed E-state index contributed by atoms with van der Waals surface area (Å²) in [4.78, 5) is 29.0. The molecule has 0 aromatic heterocycles. The SMILES string of the molecule is CCOc1ccccc1N(CCCC(=O)N(Cc1ccccc1F)C(Cc1ccccc1)C(=O)NC(C)(C)C)S(C)(=O)=O. The third-order valence-electron chi connectivity index (χ3n) is 6.65. The minimum absolute atomic E-state index is 0.0136. The van der Waals surface area contributed by atoms with Gasteiger partial charge in [0.25, 0.3) is 0 Å². The van der Waals surface area contributed by atoms with Gasteiger partial charge in [0, 0.05) is 37.0 Å². The number of hydrogen-bond acceptors (Lipinski definition) is 5. The van der Waals surface area contributed by atoms with Gasteiger partial charge >= 0.3 is 0 Å². The number of carbonyl (C=O) groups excluding carboxylic acids is 2. The number of hydrogen-bond donors (Lipinski definition) is 1. The summed E-state index contributed by atoms with van der Waals surface area (Å²) in [7, 11) is -3.71. The lowest BCUT2D eigenvalue weighted by atomic mass is 10.00. The molecular formula is C33H42FN3O5S. The molecular weight excluding hydrogens is 569 g/mol. The Kier molecular flexibility index (Phi) is 11.7. The second-order valence-corrected chi connectivity index (χ2v) is 13.3. The van der Waals surface area contributed by atoms with Gasteiger partial charge in [-0.05, 0) is 57.9 Å². The molecule has 0 aliphatic carbocycles. The summed E-state index contributed by atoms with van der Waals surface area (Å²) >= 11 is 0. The van der Waals surface area contributed by atoms with Crippen molar-refractivity contribution in [3.8, 4) is 5.75 Å². The Labute approximate surface area is 254 Å². The molecule has 1 unspecified atom stereocenters. The van der Waals surface area contributed by atoms with Crippen LogP contribution < -0.4 is 14.4 Å². The van der Waals surface area contributed by atoms with E-state index in [1.807, 2.05) is 58.0 Å². The van der Waals surface area contributed by atoms with Crippen LogP contribution >= 0.6 is 0 Å². The zero-order valence-corrected chi connectivity index (χ0v) is 26.4. The molecule has 43 heavy (non-hydrogen) atoms. The summed E-state index contributed by atoms with van der Waals surface area (Å²) in [5.41, 5.74) is 0.941. The zero-order valence-electron chi connectivity index (χ0n) is 25.5. The molecule has 3 rings (SSSR count). The Morgan fingerprint density at radius 2 is 1.58 bits per heavy atom. The molecule has 10 heteroatoms. The molecule has 0 aliphatic heterocycles. The van der Waals surface area contributed by atoms with Gasteiger partial charge in [-0.25, -0.2) is 12.8 Å². The molecule has 3 aromatic carbocycles. The van der Waals surface area contributed by atoms with Crippen molar-refractivity contribution in [3.05, 3.63) is 95.8 Å². The van der Waals surface area contributed by atoms with Crippen molar-refractivity contribution in [2.24, 2.45) is 0 Å². The van der Waals surface area contributed by atoms with E-state index in [0.29, 0.717) is 18.0 Å². The van der Waals surface area contributed by atoms with E-state index in [1.54, 1.807) is 42.5 Å². The van der Waals surface area contributed by atoms with Gasteiger partial charge in [-0.3, -0.25) is 13.9 Å². The first-order chi connectivity index (χ1) is 20.3. The monoisotopic (exact) mass is 611 g/mol. The summed E-state index contributed by atoms with van der Waals surface area (Å²) in [6, 6.07) is 21.4. The third-order valence-corrected chi connectivity index (χ3v) is 7.83. The fraction of sp³-hybridized carbons (Fsp3) is 0.394. The molecule has 0 spiro atoms. The number of ether oxygens (including phenoxy) is 1. The minimum atomic E-state index is -3.71. The summed E-state index contributed by atoms with van der Waals surface area (Å²) in [5, 5.41) is 2.98. The van der Waals surface area contributed by atoms with E-state index in [9.17, 15) is 22.4 Å². The topological polar surface area (TPSA) is 96.0 Å². The van der Waals surface area contributed by atoms with Crippen molar-refractivity contribution < 1.29 is 27.1 Å². The number of nitrogens with zero attached hydrogens (tertiary/aromatic N) is 2. The van der Waals surface area contributed by atoms with E-state index in [2.05, 4.69) is 5.32 Å². The van der Waals surface area contributed by atoms with Crippen molar-refractivity contribution in [1.29, 1.82) is 0 Å². The van der Waals surface area contributed by atoms with E-state index in [0.717, 1.165) is 11.8 Å². The number of carbonyl (C=O) groups is 2. The normalized spacial score (nSPS) is 12.3. The predicted molar refractivity (Wildman–Crippen MR) is 168 cm³/mol. The summed E-state index contributed by atoms with van der Waals surface area (Å²) < 4.78 is 47.3. The number of anilines is 1. The Morgan fingerprint density at radius 3 is 2.21 bits per heavy atom. The fourth-order valence-electron chi connectivity index (χ4n) is 4.74. The fourth-order valence-corrected chi connectivity index (χ4v) is 5.71. The average Bonchev–Trinajstić information content (AvgIpc) is 2.93. The molecule has 0 bridgehead atoms. The van der Waals surface area contributed by atoms with Crippen LogP contribution in [-0.2, 0) is 32.6 Å². The number of amides is 2. The molecule has 3 aromatic rings. The number of sulfonamides is 1. The van der Waals surface area contributed by atoms with Crippen LogP contribution in [0.4, 0.5) is 10.1 Å². The summed E-state index contributed by atoms with van der Waals surface area (Å²) in [6.45, 7) is 7.63. The van der Waals surface area contributed by atoms with Crippen molar-refractivity contribution in [2.45, 2.75) is 65.1 Å².